The van der Waals surface area contributed by atoms with Crippen LogP contribution in [0.3, 0.4) is 0 Å². The van der Waals surface area contributed by atoms with E-state index in [-0.39, 0.29) is 0 Å². The molecule has 0 aliphatic carbocycles. The first kappa shape index (κ1) is 8.01. The molecule has 0 aliphatic heterocycles. The SMILES string of the molecule is CC(C)N/C(N)=C\C=N. The Morgan fingerprint density at radius 1 is 1.67 bits per heavy atom. The summed E-state index contributed by atoms with van der Waals surface area (Å²) in [6, 6.07) is 0.334. The van der Waals surface area contributed by atoms with Crippen LogP contribution in [-0.2, 0) is 0 Å². The zero-order valence-electron chi connectivity index (χ0n) is 5.81. The second-order valence-corrected chi connectivity index (χ2v) is 2.09. The van der Waals surface area contributed by atoms with E-state index in [2.05, 4.69) is 5.32 Å². The smallest absolute Gasteiger partial charge is 0.0977 e. The van der Waals surface area contributed by atoms with Gasteiger partial charge in [-0.05, 0) is 19.9 Å². The van der Waals surface area contributed by atoms with E-state index in [9.17, 15) is 0 Å². The van der Waals surface area contributed by atoms with Crippen LogP contribution >= 0.6 is 0 Å². The highest BCUT2D eigenvalue weighted by Crippen LogP contribution is 1.80. The van der Waals surface area contributed by atoms with Crippen molar-refractivity contribution in [2.45, 2.75) is 19.9 Å². The lowest BCUT2D eigenvalue weighted by Crippen LogP contribution is -2.26. The molecular weight excluding hydrogens is 114 g/mol. The molecule has 52 valence electrons. The van der Waals surface area contributed by atoms with Gasteiger partial charge in [-0.25, -0.2) is 0 Å². The molecule has 0 fully saturated rings. The highest BCUT2D eigenvalue weighted by Gasteiger charge is 1.89. The van der Waals surface area contributed by atoms with Gasteiger partial charge in [-0.3, -0.25) is 0 Å². The molecule has 0 bridgehead atoms. The molecule has 0 saturated carbocycles. The van der Waals surface area contributed by atoms with Gasteiger partial charge >= 0.3 is 0 Å². The van der Waals surface area contributed by atoms with Crippen molar-refractivity contribution < 1.29 is 0 Å². The number of hydrogen-bond donors (Lipinski definition) is 3. The first-order valence-electron chi connectivity index (χ1n) is 2.89. The topological polar surface area (TPSA) is 61.9 Å². The van der Waals surface area contributed by atoms with Gasteiger partial charge in [0.05, 0.1) is 5.82 Å². The quantitative estimate of drug-likeness (QED) is 0.481. The summed E-state index contributed by atoms with van der Waals surface area (Å²) in [4.78, 5) is 0. The van der Waals surface area contributed by atoms with E-state index in [4.69, 9.17) is 11.1 Å². The molecule has 0 unspecified atom stereocenters. The van der Waals surface area contributed by atoms with Crippen molar-refractivity contribution in [3.8, 4) is 0 Å². The Kier molecular flexibility index (Phi) is 3.51. The van der Waals surface area contributed by atoms with E-state index in [0.29, 0.717) is 11.9 Å². The first-order valence-corrected chi connectivity index (χ1v) is 2.89. The summed E-state index contributed by atoms with van der Waals surface area (Å²) in [5.74, 6) is 0.542. The van der Waals surface area contributed by atoms with Crippen molar-refractivity contribution in [3.63, 3.8) is 0 Å². The highest BCUT2D eigenvalue weighted by atomic mass is 15.0. The molecule has 0 radical (unpaired) electrons. The summed E-state index contributed by atoms with van der Waals surface area (Å²) >= 11 is 0. The zero-order chi connectivity index (χ0) is 7.28. The summed E-state index contributed by atoms with van der Waals surface area (Å²) in [7, 11) is 0. The van der Waals surface area contributed by atoms with Crippen molar-refractivity contribution in [1.82, 2.24) is 5.32 Å². The first-order chi connectivity index (χ1) is 4.16. The van der Waals surface area contributed by atoms with Crippen molar-refractivity contribution in [3.05, 3.63) is 11.9 Å². The van der Waals surface area contributed by atoms with Crippen LogP contribution in [0.1, 0.15) is 13.8 Å². The normalized spacial score (nSPS) is 11.7. The van der Waals surface area contributed by atoms with Gasteiger partial charge in [0.1, 0.15) is 0 Å². The molecule has 0 aromatic rings. The third-order valence-electron chi connectivity index (χ3n) is 0.718. The molecule has 0 heterocycles. The van der Waals surface area contributed by atoms with E-state index in [1.54, 1.807) is 0 Å². The molecule has 0 aromatic carbocycles. The van der Waals surface area contributed by atoms with Crippen molar-refractivity contribution in [2.24, 2.45) is 5.73 Å². The summed E-state index contributed by atoms with van der Waals surface area (Å²) in [5.41, 5.74) is 5.38. The van der Waals surface area contributed by atoms with Crippen LogP contribution in [0.15, 0.2) is 11.9 Å². The molecule has 0 atom stereocenters. The number of rotatable bonds is 3. The van der Waals surface area contributed by atoms with Crippen LogP contribution in [0.4, 0.5) is 0 Å². The lowest BCUT2D eigenvalue weighted by molar-refractivity contribution is 0.664. The lowest BCUT2D eigenvalue weighted by atomic mass is 10.4. The fourth-order valence-corrected chi connectivity index (χ4v) is 0.471. The molecular formula is C6H13N3. The number of nitrogens with one attached hydrogen (secondary N) is 2. The fraction of sp³-hybridized carbons (Fsp3) is 0.500. The Balaban J connectivity index is 3.61. The molecule has 0 saturated heterocycles. The minimum atomic E-state index is 0.334. The molecule has 0 aliphatic rings. The van der Waals surface area contributed by atoms with Gasteiger partial charge in [0.2, 0.25) is 0 Å². The lowest BCUT2D eigenvalue weighted by Gasteiger charge is -2.07. The van der Waals surface area contributed by atoms with Gasteiger partial charge in [-0.1, -0.05) is 0 Å². The monoisotopic (exact) mass is 127 g/mol. The molecule has 3 nitrogen and oxygen atoms in total. The molecule has 3 heteroatoms. The minimum Gasteiger partial charge on any atom is -0.385 e. The predicted octanol–water partition coefficient (Wildman–Crippen LogP) is 0.434. The van der Waals surface area contributed by atoms with Crippen LogP contribution in [0.5, 0.6) is 0 Å². The zero-order valence-corrected chi connectivity index (χ0v) is 5.81. The summed E-state index contributed by atoms with van der Waals surface area (Å²) in [5, 5.41) is 9.59. The average molecular weight is 127 g/mol. The van der Waals surface area contributed by atoms with Crippen molar-refractivity contribution in [1.29, 1.82) is 5.41 Å². The Morgan fingerprint density at radius 3 is 2.56 bits per heavy atom. The molecule has 9 heavy (non-hydrogen) atoms. The van der Waals surface area contributed by atoms with Gasteiger partial charge in [0.15, 0.2) is 0 Å². The highest BCUT2D eigenvalue weighted by molar-refractivity contribution is 5.68. The van der Waals surface area contributed by atoms with Crippen LogP contribution < -0.4 is 11.1 Å². The molecule has 0 amide bonds. The predicted molar refractivity (Wildman–Crippen MR) is 39.3 cm³/mol. The summed E-state index contributed by atoms with van der Waals surface area (Å²) in [6.07, 6.45) is 2.67. The summed E-state index contributed by atoms with van der Waals surface area (Å²) < 4.78 is 0. The Labute approximate surface area is 55.4 Å². The minimum absolute atomic E-state index is 0.334. The van der Waals surface area contributed by atoms with Gasteiger partial charge in [0.25, 0.3) is 0 Å². The Hall–Kier alpha value is -0.990. The number of allylic oxidation sites excluding steroid dienone is 1. The van der Waals surface area contributed by atoms with E-state index in [1.807, 2.05) is 13.8 Å². The average Bonchev–Trinajstić information content (AvgIpc) is 1.63. The molecule has 0 aromatic heterocycles. The maximum absolute atomic E-state index is 6.66. The van der Waals surface area contributed by atoms with Crippen LogP contribution in [0, 0.1) is 5.41 Å². The second-order valence-electron chi connectivity index (χ2n) is 2.09. The second kappa shape index (κ2) is 3.95. The van der Waals surface area contributed by atoms with Crippen LogP contribution in [0.25, 0.3) is 0 Å². The van der Waals surface area contributed by atoms with Crippen molar-refractivity contribution >= 4 is 6.21 Å². The number of hydrogen-bond acceptors (Lipinski definition) is 3. The van der Waals surface area contributed by atoms with Gasteiger partial charge < -0.3 is 16.5 Å². The van der Waals surface area contributed by atoms with E-state index in [1.165, 1.54) is 6.08 Å². The Bertz CT molecular complexity index is 115. The van der Waals surface area contributed by atoms with Crippen LogP contribution in [-0.4, -0.2) is 12.3 Å². The van der Waals surface area contributed by atoms with Gasteiger partial charge in [-0.2, -0.15) is 0 Å². The summed E-state index contributed by atoms with van der Waals surface area (Å²) in [6.45, 7) is 3.98. The van der Waals surface area contributed by atoms with Gasteiger partial charge in [-0.15, -0.1) is 0 Å². The number of nitrogens with two attached hydrogens (primary N) is 1. The third-order valence-corrected chi connectivity index (χ3v) is 0.718. The fourth-order valence-electron chi connectivity index (χ4n) is 0.471. The van der Waals surface area contributed by atoms with E-state index >= 15 is 0 Å². The molecule has 4 N–H and O–H groups in total. The van der Waals surface area contributed by atoms with Crippen molar-refractivity contribution in [2.75, 3.05) is 0 Å². The molecule has 0 rings (SSSR count). The van der Waals surface area contributed by atoms with E-state index < -0.39 is 0 Å². The van der Waals surface area contributed by atoms with E-state index in [0.717, 1.165) is 6.21 Å². The standard InChI is InChI=1S/C6H13N3/c1-5(2)9-6(8)3-4-7/h3-5,7,9H,8H2,1-2H3/b6-3-,7-4?. The maximum Gasteiger partial charge on any atom is 0.0977 e. The third kappa shape index (κ3) is 4.87. The maximum atomic E-state index is 6.66. The van der Waals surface area contributed by atoms with Crippen LogP contribution in [0.2, 0.25) is 0 Å². The molecule has 0 spiro atoms. The largest absolute Gasteiger partial charge is 0.385 e. The Morgan fingerprint density at radius 2 is 2.22 bits per heavy atom. The van der Waals surface area contributed by atoms with Gasteiger partial charge in [0, 0.05) is 12.3 Å².